The number of carbonyl (C=O) groups is 2. The zero-order valence-corrected chi connectivity index (χ0v) is 22.4. The van der Waals surface area contributed by atoms with Crippen molar-refractivity contribution in [1.29, 1.82) is 0 Å². The lowest BCUT2D eigenvalue weighted by atomic mass is 10.1. The summed E-state index contributed by atoms with van der Waals surface area (Å²) < 4.78 is 52.8. The molecule has 0 atom stereocenters. The molecule has 1 aliphatic heterocycles. The monoisotopic (exact) mass is 570 g/mol. The maximum Gasteiger partial charge on any atom is 0.421 e. The minimum absolute atomic E-state index is 0.0370. The van der Waals surface area contributed by atoms with E-state index in [0.29, 0.717) is 55.0 Å². The summed E-state index contributed by atoms with van der Waals surface area (Å²) in [5.41, 5.74) is -0.0475. The van der Waals surface area contributed by atoms with Crippen LogP contribution in [0.4, 0.5) is 42.0 Å². The van der Waals surface area contributed by atoms with Crippen LogP contribution in [-0.2, 0) is 15.8 Å². The number of likely N-dealkylation sites (tertiary alicyclic amines) is 1. The first kappa shape index (κ1) is 29.2. The van der Waals surface area contributed by atoms with Crippen LogP contribution in [0.15, 0.2) is 61.3 Å². The summed E-state index contributed by atoms with van der Waals surface area (Å²) in [6.07, 6.45) is -1.65. The average molecular weight is 571 g/mol. The summed E-state index contributed by atoms with van der Waals surface area (Å²) in [5, 5.41) is 8.12. The number of rotatable bonds is 9. The van der Waals surface area contributed by atoms with Gasteiger partial charge < -0.3 is 30.3 Å². The summed E-state index contributed by atoms with van der Waals surface area (Å²) in [5.74, 6) is -0.108. The molecule has 1 aromatic heterocycles. The van der Waals surface area contributed by atoms with Crippen molar-refractivity contribution in [3.8, 4) is 11.5 Å². The minimum Gasteiger partial charge on any atom is -0.494 e. The fourth-order valence-corrected chi connectivity index (χ4v) is 4.20. The van der Waals surface area contributed by atoms with Gasteiger partial charge >= 0.3 is 6.18 Å². The van der Waals surface area contributed by atoms with E-state index in [-0.39, 0.29) is 23.6 Å². The number of nitrogens with one attached hydrogen (secondary N) is 3. The number of anilines is 5. The van der Waals surface area contributed by atoms with E-state index in [0.717, 1.165) is 6.08 Å². The Morgan fingerprint density at radius 2 is 1.83 bits per heavy atom. The molecule has 216 valence electrons. The standard InChI is InChI=1S/C28H29F3N6O4/c1-4-25(39)33-18-6-5-7-19(14-18)34-26-22(28(29,30)31)16-32-27(36-26)35-23-9-8-21(15-24(23)40-3)41-20-10-12-37(13-11-20)17(2)38/h4-9,14-16,20H,1,10-13H2,2-3H3,(H,33,39)(H2,32,34,35,36). The van der Waals surface area contributed by atoms with Gasteiger partial charge in [0.05, 0.1) is 12.8 Å². The number of benzene rings is 2. The van der Waals surface area contributed by atoms with Gasteiger partial charge in [-0.2, -0.15) is 18.2 Å². The second-order valence-corrected chi connectivity index (χ2v) is 9.16. The van der Waals surface area contributed by atoms with Crippen molar-refractivity contribution in [3.63, 3.8) is 0 Å². The predicted octanol–water partition coefficient (Wildman–Crippen LogP) is 5.51. The van der Waals surface area contributed by atoms with Gasteiger partial charge in [-0.3, -0.25) is 9.59 Å². The molecule has 0 bridgehead atoms. The highest BCUT2D eigenvalue weighted by Gasteiger charge is 2.35. The van der Waals surface area contributed by atoms with Gasteiger partial charge in [0, 0.05) is 56.5 Å². The van der Waals surface area contributed by atoms with E-state index < -0.39 is 23.5 Å². The third-order valence-electron chi connectivity index (χ3n) is 6.28. The number of nitrogens with zero attached hydrogens (tertiary/aromatic N) is 3. The number of alkyl halides is 3. The molecule has 2 amide bonds. The third kappa shape index (κ3) is 7.65. The molecule has 2 aromatic carbocycles. The quantitative estimate of drug-likeness (QED) is 0.289. The highest BCUT2D eigenvalue weighted by atomic mass is 19.4. The van der Waals surface area contributed by atoms with Gasteiger partial charge in [0.2, 0.25) is 17.8 Å². The van der Waals surface area contributed by atoms with E-state index in [9.17, 15) is 22.8 Å². The van der Waals surface area contributed by atoms with E-state index in [2.05, 4.69) is 32.5 Å². The zero-order chi connectivity index (χ0) is 29.6. The molecule has 2 heterocycles. The fourth-order valence-electron chi connectivity index (χ4n) is 4.20. The van der Waals surface area contributed by atoms with Gasteiger partial charge in [-0.05, 0) is 36.4 Å². The molecular weight excluding hydrogens is 541 g/mol. The van der Waals surface area contributed by atoms with E-state index >= 15 is 0 Å². The molecule has 4 rings (SSSR count). The van der Waals surface area contributed by atoms with Crippen LogP contribution >= 0.6 is 0 Å². The Bertz CT molecular complexity index is 1420. The summed E-state index contributed by atoms with van der Waals surface area (Å²) in [4.78, 5) is 32.9. The smallest absolute Gasteiger partial charge is 0.421 e. The number of amides is 2. The zero-order valence-electron chi connectivity index (χ0n) is 22.4. The molecule has 3 N–H and O–H groups in total. The first-order valence-electron chi connectivity index (χ1n) is 12.7. The minimum atomic E-state index is -4.73. The van der Waals surface area contributed by atoms with Crippen molar-refractivity contribution in [2.75, 3.05) is 36.1 Å². The van der Waals surface area contributed by atoms with Crippen LogP contribution < -0.4 is 25.4 Å². The van der Waals surface area contributed by atoms with Crippen molar-refractivity contribution in [3.05, 3.63) is 66.9 Å². The van der Waals surface area contributed by atoms with Crippen LogP contribution in [0.2, 0.25) is 0 Å². The van der Waals surface area contributed by atoms with Gasteiger partial charge in [-0.1, -0.05) is 12.6 Å². The summed E-state index contributed by atoms with van der Waals surface area (Å²) in [6.45, 7) is 6.15. The molecule has 0 unspecified atom stereocenters. The van der Waals surface area contributed by atoms with Crippen LogP contribution in [0, 0.1) is 0 Å². The Morgan fingerprint density at radius 1 is 1.10 bits per heavy atom. The van der Waals surface area contributed by atoms with E-state index in [1.54, 1.807) is 42.2 Å². The Hall–Kier alpha value is -4.81. The molecule has 41 heavy (non-hydrogen) atoms. The Balaban J connectivity index is 1.53. The molecular formula is C28H29F3N6O4. The van der Waals surface area contributed by atoms with Crippen molar-refractivity contribution < 1.29 is 32.2 Å². The molecule has 0 radical (unpaired) electrons. The lowest BCUT2D eigenvalue weighted by molar-refractivity contribution is -0.137. The first-order valence-corrected chi connectivity index (χ1v) is 12.7. The van der Waals surface area contributed by atoms with E-state index in [1.165, 1.54) is 19.2 Å². The largest absolute Gasteiger partial charge is 0.494 e. The lowest BCUT2D eigenvalue weighted by Gasteiger charge is -2.31. The number of methoxy groups -OCH3 is 1. The van der Waals surface area contributed by atoms with Crippen LogP contribution in [-0.4, -0.2) is 53.0 Å². The van der Waals surface area contributed by atoms with Gasteiger partial charge in [-0.15, -0.1) is 0 Å². The normalized spacial score (nSPS) is 13.7. The highest BCUT2D eigenvalue weighted by Crippen LogP contribution is 2.37. The predicted molar refractivity (Wildman–Crippen MR) is 148 cm³/mol. The van der Waals surface area contributed by atoms with Gasteiger partial charge in [0.15, 0.2) is 0 Å². The molecule has 3 aromatic rings. The summed E-state index contributed by atoms with van der Waals surface area (Å²) in [6, 6.07) is 11.2. The molecule has 0 aliphatic carbocycles. The van der Waals surface area contributed by atoms with Crippen molar-refractivity contribution in [2.24, 2.45) is 0 Å². The Kier molecular flexibility index (Phi) is 8.95. The van der Waals surface area contributed by atoms with Crippen LogP contribution in [0.3, 0.4) is 0 Å². The van der Waals surface area contributed by atoms with Crippen LogP contribution in [0.25, 0.3) is 0 Å². The fraction of sp³-hybridized carbons (Fsp3) is 0.286. The molecule has 1 aliphatic rings. The average Bonchev–Trinajstić information content (AvgIpc) is 2.93. The van der Waals surface area contributed by atoms with Gasteiger partial charge in [0.25, 0.3) is 0 Å². The van der Waals surface area contributed by atoms with Gasteiger partial charge in [-0.25, -0.2) is 4.98 Å². The SMILES string of the molecule is C=CC(=O)Nc1cccc(Nc2nc(Nc3ccc(OC4CCN(C(C)=O)CC4)cc3OC)ncc2C(F)(F)F)c1. The number of carbonyl (C=O) groups excluding carboxylic acids is 2. The molecule has 0 spiro atoms. The van der Waals surface area contributed by atoms with Gasteiger partial charge in [0.1, 0.15) is 29.0 Å². The Morgan fingerprint density at radius 3 is 2.49 bits per heavy atom. The molecule has 0 saturated carbocycles. The maximum atomic E-state index is 13.8. The second-order valence-electron chi connectivity index (χ2n) is 9.16. The first-order chi connectivity index (χ1) is 19.5. The summed E-state index contributed by atoms with van der Waals surface area (Å²) in [7, 11) is 1.45. The third-order valence-corrected chi connectivity index (χ3v) is 6.28. The van der Waals surface area contributed by atoms with Crippen LogP contribution in [0.5, 0.6) is 11.5 Å². The van der Waals surface area contributed by atoms with Crippen molar-refractivity contribution in [1.82, 2.24) is 14.9 Å². The van der Waals surface area contributed by atoms with E-state index in [4.69, 9.17) is 9.47 Å². The number of hydrogen-bond acceptors (Lipinski definition) is 8. The van der Waals surface area contributed by atoms with Crippen molar-refractivity contribution >= 4 is 40.6 Å². The highest BCUT2D eigenvalue weighted by molar-refractivity contribution is 5.99. The van der Waals surface area contributed by atoms with Crippen LogP contribution in [0.1, 0.15) is 25.3 Å². The lowest BCUT2D eigenvalue weighted by Crippen LogP contribution is -2.40. The number of aromatic nitrogens is 2. The topological polar surface area (TPSA) is 118 Å². The molecule has 1 saturated heterocycles. The van der Waals surface area contributed by atoms with E-state index in [1.807, 2.05) is 0 Å². The number of hydrogen-bond donors (Lipinski definition) is 3. The maximum absolute atomic E-state index is 13.8. The summed E-state index contributed by atoms with van der Waals surface area (Å²) >= 11 is 0. The second kappa shape index (κ2) is 12.6. The van der Waals surface area contributed by atoms with Crippen molar-refractivity contribution in [2.45, 2.75) is 32.0 Å². The number of piperidine rings is 1. The Labute approximate surface area is 234 Å². The molecule has 1 fully saturated rings. The molecule has 10 nitrogen and oxygen atoms in total. The number of ether oxygens (including phenoxy) is 2. The number of halogens is 3. The molecule has 13 heteroatoms.